The average molecular weight is 336 g/mol. The van der Waals surface area contributed by atoms with Crippen molar-refractivity contribution in [1.82, 2.24) is 29.2 Å². The van der Waals surface area contributed by atoms with Crippen LogP contribution in [0.3, 0.4) is 0 Å². The number of hydrogen-bond acceptors (Lipinski definition) is 5. The molecule has 0 fully saturated rings. The Bertz CT molecular complexity index is 921. The zero-order valence-corrected chi connectivity index (χ0v) is 15.3. The Morgan fingerprint density at radius 1 is 1.16 bits per heavy atom. The maximum Gasteiger partial charge on any atom is 0.234 e. The first kappa shape index (κ1) is 16.1. The molecule has 0 N–H and O–H groups in total. The van der Waals surface area contributed by atoms with Gasteiger partial charge in [-0.2, -0.15) is 0 Å². The number of hydrogen-bond donors (Lipinski definition) is 0. The molecule has 6 nitrogen and oxygen atoms in total. The van der Waals surface area contributed by atoms with E-state index in [0.29, 0.717) is 0 Å². The van der Waals surface area contributed by atoms with Crippen LogP contribution < -0.4 is 0 Å². The highest BCUT2D eigenvalue weighted by atomic mass is 15.2. The highest BCUT2D eigenvalue weighted by molar-refractivity contribution is 5.35. The predicted octanol–water partition coefficient (Wildman–Crippen LogP) is 2.68. The Kier molecular flexibility index (Phi) is 3.80. The molecule has 130 valence electrons. The van der Waals surface area contributed by atoms with Gasteiger partial charge in [-0.25, -0.2) is 19.9 Å². The molecule has 0 aromatic carbocycles. The van der Waals surface area contributed by atoms with E-state index in [1.165, 1.54) is 17.0 Å². The topological polar surface area (TPSA) is 59.2 Å². The van der Waals surface area contributed by atoms with Gasteiger partial charge in [-0.05, 0) is 13.0 Å². The van der Waals surface area contributed by atoms with Crippen molar-refractivity contribution < 1.29 is 0 Å². The van der Waals surface area contributed by atoms with Gasteiger partial charge in [0.15, 0.2) is 0 Å². The molecule has 0 amide bonds. The van der Waals surface area contributed by atoms with Crippen LogP contribution in [0.25, 0.3) is 5.78 Å². The third kappa shape index (κ3) is 3.02. The zero-order chi connectivity index (χ0) is 17.6. The van der Waals surface area contributed by atoms with Crippen LogP contribution in [0.4, 0.5) is 0 Å². The largest absolute Gasteiger partial charge is 0.293 e. The van der Waals surface area contributed by atoms with Gasteiger partial charge in [0.05, 0.1) is 11.4 Å². The fourth-order valence-corrected chi connectivity index (χ4v) is 3.32. The monoisotopic (exact) mass is 336 g/mol. The summed E-state index contributed by atoms with van der Waals surface area (Å²) < 4.78 is 2.09. The maximum atomic E-state index is 4.82. The van der Waals surface area contributed by atoms with Gasteiger partial charge in [0.25, 0.3) is 0 Å². The predicted molar refractivity (Wildman–Crippen MR) is 96.3 cm³/mol. The summed E-state index contributed by atoms with van der Waals surface area (Å²) in [5, 5.41) is 0. The normalized spacial score (nSPS) is 15.5. The third-order valence-electron chi connectivity index (χ3n) is 4.76. The number of fused-ring (bicyclic) bond motifs is 2. The quantitative estimate of drug-likeness (QED) is 0.720. The van der Waals surface area contributed by atoms with Crippen LogP contribution in [-0.4, -0.2) is 35.8 Å². The zero-order valence-electron chi connectivity index (χ0n) is 15.3. The van der Waals surface area contributed by atoms with Crippen molar-refractivity contribution in [3.05, 3.63) is 53.1 Å². The second-order valence-corrected chi connectivity index (χ2v) is 7.81. The molecule has 0 spiro atoms. The molecule has 0 bridgehead atoms. The SMILES string of the molecule is Cc1nc2ncccn2c1CN1CCc2nc(C(C)(C)C)ncc2C1. The lowest BCUT2D eigenvalue weighted by Gasteiger charge is -2.29. The van der Waals surface area contributed by atoms with Crippen molar-refractivity contribution in [3.8, 4) is 0 Å². The first-order valence-electron chi connectivity index (χ1n) is 8.78. The van der Waals surface area contributed by atoms with Crippen molar-refractivity contribution in [2.75, 3.05) is 6.54 Å². The molecule has 6 heteroatoms. The van der Waals surface area contributed by atoms with E-state index < -0.39 is 0 Å². The number of imidazole rings is 1. The van der Waals surface area contributed by atoms with Crippen molar-refractivity contribution >= 4 is 5.78 Å². The van der Waals surface area contributed by atoms with Gasteiger partial charge in [0.1, 0.15) is 5.82 Å². The minimum atomic E-state index is -0.00715. The molecule has 3 aromatic heterocycles. The van der Waals surface area contributed by atoms with Crippen molar-refractivity contribution in [1.29, 1.82) is 0 Å². The summed E-state index contributed by atoms with van der Waals surface area (Å²) in [5.74, 6) is 1.70. The van der Waals surface area contributed by atoms with Gasteiger partial charge in [0.2, 0.25) is 5.78 Å². The molecular formula is C19H24N6. The van der Waals surface area contributed by atoms with E-state index in [1.54, 1.807) is 6.20 Å². The molecule has 0 atom stereocenters. The van der Waals surface area contributed by atoms with Crippen LogP contribution in [0.2, 0.25) is 0 Å². The number of rotatable bonds is 2. The van der Waals surface area contributed by atoms with Crippen LogP contribution in [-0.2, 0) is 24.9 Å². The van der Waals surface area contributed by atoms with E-state index in [2.05, 4.69) is 51.9 Å². The van der Waals surface area contributed by atoms with Gasteiger partial charge in [0, 0.05) is 61.3 Å². The molecule has 0 unspecified atom stereocenters. The van der Waals surface area contributed by atoms with E-state index in [9.17, 15) is 0 Å². The van der Waals surface area contributed by atoms with Crippen molar-refractivity contribution in [2.24, 2.45) is 0 Å². The third-order valence-corrected chi connectivity index (χ3v) is 4.76. The summed E-state index contributed by atoms with van der Waals surface area (Å²) in [5.41, 5.74) is 4.69. The molecule has 1 aliphatic heterocycles. The highest BCUT2D eigenvalue weighted by Gasteiger charge is 2.24. The summed E-state index contributed by atoms with van der Waals surface area (Å²) in [7, 11) is 0. The van der Waals surface area contributed by atoms with Crippen molar-refractivity contribution in [3.63, 3.8) is 0 Å². The molecule has 0 saturated carbocycles. The molecule has 25 heavy (non-hydrogen) atoms. The summed E-state index contributed by atoms with van der Waals surface area (Å²) in [6.07, 6.45) is 6.80. The van der Waals surface area contributed by atoms with E-state index in [1.807, 2.05) is 18.5 Å². The average Bonchev–Trinajstić information content (AvgIpc) is 2.89. The second-order valence-electron chi connectivity index (χ2n) is 7.81. The van der Waals surface area contributed by atoms with Gasteiger partial charge < -0.3 is 0 Å². The molecule has 0 aliphatic carbocycles. The Balaban J connectivity index is 1.57. The maximum absolute atomic E-state index is 4.82. The Morgan fingerprint density at radius 3 is 2.80 bits per heavy atom. The van der Waals surface area contributed by atoms with Crippen LogP contribution in [0.1, 0.15) is 49.2 Å². The Hall–Kier alpha value is -2.34. The summed E-state index contributed by atoms with van der Waals surface area (Å²) in [4.78, 5) is 20.8. The van der Waals surface area contributed by atoms with Crippen LogP contribution in [0, 0.1) is 6.92 Å². The summed E-state index contributed by atoms with van der Waals surface area (Å²) in [6, 6.07) is 1.95. The van der Waals surface area contributed by atoms with Gasteiger partial charge in [-0.15, -0.1) is 0 Å². The molecular weight excluding hydrogens is 312 g/mol. The smallest absolute Gasteiger partial charge is 0.234 e. The summed E-state index contributed by atoms with van der Waals surface area (Å²) in [6.45, 7) is 11.3. The molecule has 4 heterocycles. The van der Waals surface area contributed by atoms with Crippen LogP contribution in [0.15, 0.2) is 24.7 Å². The van der Waals surface area contributed by atoms with Gasteiger partial charge in [-0.1, -0.05) is 20.8 Å². The van der Waals surface area contributed by atoms with E-state index in [-0.39, 0.29) is 5.41 Å². The molecule has 0 saturated heterocycles. The first-order chi connectivity index (χ1) is 11.9. The van der Waals surface area contributed by atoms with Crippen LogP contribution in [0.5, 0.6) is 0 Å². The van der Waals surface area contributed by atoms with E-state index >= 15 is 0 Å². The van der Waals surface area contributed by atoms with Crippen LogP contribution >= 0.6 is 0 Å². The minimum absolute atomic E-state index is 0.00715. The molecule has 1 aliphatic rings. The fraction of sp³-hybridized carbons (Fsp3) is 0.474. The molecule has 0 radical (unpaired) electrons. The number of nitrogens with zero attached hydrogens (tertiary/aromatic N) is 6. The highest BCUT2D eigenvalue weighted by Crippen LogP contribution is 2.24. The minimum Gasteiger partial charge on any atom is -0.293 e. The number of aryl methyl sites for hydroxylation is 1. The molecule has 3 aromatic rings. The first-order valence-corrected chi connectivity index (χ1v) is 8.78. The standard InChI is InChI=1S/C19H24N6/c1-13-16(25-8-5-7-20-18(25)22-13)12-24-9-6-15-14(11-24)10-21-17(23-15)19(2,3)4/h5,7-8,10H,6,9,11-12H2,1-4H3. The summed E-state index contributed by atoms with van der Waals surface area (Å²) >= 11 is 0. The lowest BCUT2D eigenvalue weighted by atomic mass is 9.95. The lowest BCUT2D eigenvalue weighted by Crippen LogP contribution is -2.32. The van der Waals surface area contributed by atoms with Crippen molar-refractivity contribution in [2.45, 2.75) is 52.6 Å². The molecule has 4 rings (SSSR count). The van der Waals surface area contributed by atoms with Gasteiger partial charge >= 0.3 is 0 Å². The Morgan fingerprint density at radius 2 is 2.00 bits per heavy atom. The number of aromatic nitrogens is 5. The Labute approximate surface area is 148 Å². The second kappa shape index (κ2) is 5.88. The van der Waals surface area contributed by atoms with E-state index in [0.717, 1.165) is 43.4 Å². The van der Waals surface area contributed by atoms with Gasteiger partial charge in [-0.3, -0.25) is 9.30 Å². The fourth-order valence-electron chi connectivity index (χ4n) is 3.32. The van der Waals surface area contributed by atoms with E-state index in [4.69, 9.17) is 4.98 Å². The lowest BCUT2D eigenvalue weighted by molar-refractivity contribution is 0.238.